The summed E-state index contributed by atoms with van der Waals surface area (Å²) in [7, 11) is -3.66. The molecule has 90 valence electrons. The Morgan fingerprint density at radius 1 is 1.06 bits per heavy atom. The smallest absolute Gasteiger partial charge is 0.399 e. The van der Waals surface area contributed by atoms with E-state index in [2.05, 4.69) is 14.7 Å². The number of sulfonamides is 1. The fourth-order valence-corrected chi connectivity index (χ4v) is 2.14. The van der Waals surface area contributed by atoms with Crippen LogP contribution in [-0.4, -0.2) is 36.3 Å². The van der Waals surface area contributed by atoms with Gasteiger partial charge in [-0.2, -0.15) is 0 Å². The number of nitrogen functional groups attached to an aromatic ring is 1. The number of anilines is 2. The zero-order valence-electron chi connectivity index (χ0n) is 9.19. The van der Waals surface area contributed by atoms with Gasteiger partial charge in [0.05, 0.1) is 4.90 Å². The van der Waals surface area contributed by atoms with Crippen molar-refractivity contribution in [1.29, 1.82) is 0 Å². The van der Waals surface area contributed by atoms with Crippen molar-refractivity contribution in [3.05, 3.63) is 42.7 Å². The number of nitrogens with one attached hydrogen (secondary N) is 1. The Morgan fingerprint density at radius 2 is 1.61 bits per heavy atom. The third kappa shape index (κ3) is 3.45. The molecule has 0 saturated heterocycles. The molecule has 0 atom stereocenters. The Kier molecular flexibility index (Phi) is 4.69. The van der Waals surface area contributed by atoms with Crippen molar-refractivity contribution in [1.82, 2.24) is 9.97 Å². The molecule has 2 radical (unpaired) electrons. The summed E-state index contributed by atoms with van der Waals surface area (Å²) >= 11 is 0. The molecule has 18 heavy (non-hydrogen) atoms. The molecule has 2 aromatic rings. The number of benzene rings is 1. The van der Waals surface area contributed by atoms with Crippen molar-refractivity contribution in [3.63, 3.8) is 0 Å². The van der Waals surface area contributed by atoms with Gasteiger partial charge in [0.25, 0.3) is 10.0 Å². The summed E-state index contributed by atoms with van der Waals surface area (Å²) in [4.78, 5) is 7.67. The first-order valence-electron chi connectivity index (χ1n) is 4.73. The van der Waals surface area contributed by atoms with Crippen LogP contribution >= 0.6 is 0 Å². The van der Waals surface area contributed by atoms with Crippen LogP contribution in [0.1, 0.15) is 0 Å². The summed E-state index contributed by atoms with van der Waals surface area (Å²) in [6.45, 7) is 0. The van der Waals surface area contributed by atoms with E-state index < -0.39 is 10.0 Å². The fourth-order valence-electron chi connectivity index (χ4n) is 1.18. The third-order valence-electron chi connectivity index (χ3n) is 1.98. The summed E-state index contributed by atoms with van der Waals surface area (Å²) in [5, 5.41) is 0. The van der Waals surface area contributed by atoms with Crippen LogP contribution in [-0.2, 0) is 10.0 Å². The van der Waals surface area contributed by atoms with Crippen LogP contribution in [0.3, 0.4) is 0 Å². The quantitative estimate of drug-likeness (QED) is 0.632. The monoisotopic (exact) mass is 325 g/mol. The van der Waals surface area contributed by atoms with E-state index in [0.717, 1.165) is 0 Å². The van der Waals surface area contributed by atoms with E-state index in [9.17, 15) is 8.42 Å². The standard InChI is InChI=1S/C10H10N4O2S.As/c11-8-2-4-9(5-3-8)17(15,16)14-10-12-6-1-7-13-10;/h1-7H,11H2,(H,12,13,14);/q;+3. The average Bonchev–Trinajstić information content (AvgIpc) is 2.30. The van der Waals surface area contributed by atoms with E-state index in [0.29, 0.717) is 5.69 Å². The molecule has 0 aliphatic heterocycles. The molecule has 0 saturated carbocycles. The second kappa shape index (κ2) is 5.84. The van der Waals surface area contributed by atoms with Crippen LogP contribution < -0.4 is 10.5 Å². The second-order valence-electron chi connectivity index (χ2n) is 3.25. The van der Waals surface area contributed by atoms with Crippen LogP contribution in [0.15, 0.2) is 47.6 Å². The molecule has 0 aliphatic carbocycles. The number of hydrogen-bond acceptors (Lipinski definition) is 5. The van der Waals surface area contributed by atoms with Gasteiger partial charge in [0, 0.05) is 18.1 Å². The van der Waals surface area contributed by atoms with Crippen molar-refractivity contribution in [2.75, 3.05) is 10.5 Å². The molecular formula is C10H10AsN4O2S+3. The minimum atomic E-state index is -3.66. The predicted octanol–water partition coefficient (Wildman–Crippen LogP) is 0.479. The fraction of sp³-hybridized carbons (Fsp3) is 0. The molecule has 2 rings (SSSR count). The van der Waals surface area contributed by atoms with E-state index in [1.54, 1.807) is 6.07 Å². The molecule has 0 aliphatic rings. The van der Waals surface area contributed by atoms with Crippen LogP contribution in [0.25, 0.3) is 0 Å². The minimum Gasteiger partial charge on any atom is -0.399 e. The number of hydrogen-bond donors (Lipinski definition) is 2. The van der Waals surface area contributed by atoms with E-state index in [-0.39, 0.29) is 28.8 Å². The zero-order valence-corrected chi connectivity index (χ0v) is 11.9. The van der Waals surface area contributed by atoms with Gasteiger partial charge in [-0.1, -0.05) is 0 Å². The van der Waals surface area contributed by atoms with Crippen molar-refractivity contribution in [2.45, 2.75) is 4.90 Å². The van der Waals surface area contributed by atoms with Gasteiger partial charge < -0.3 is 5.73 Å². The summed E-state index contributed by atoms with van der Waals surface area (Å²) in [6, 6.07) is 7.46. The first kappa shape index (κ1) is 14.5. The average molecular weight is 325 g/mol. The molecule has 0 amide bonds. The molecule has 6 nitrogen and oxygen atoms in total. The molecule has 1 aromatic heterocycles. The number of rotatable bonds is 3. The van der Waals surface area contributed by atoms with Gasteiger partial charge in [0.15, 0.2) is 0 Å². The molecular weight excluding hydrogens is 315 g/mol. The minimum absolute atomic E-state index is 0. The van der Waals surface area contributed by atoms with E-state index in [1.165, 1.54) is 36.7 Å². The topological polar surface area (TPSA) is 98.0 Å². The Balaban J connectivity index is 0.00000162. The maximum absolute atomic E-state index is 11.9. The van der Waals surface area contributed by atoms with Gasteiger partial charge in [0.2, 0.25) is 5.95 Å². The van der Waals surface area contributed by atoms with Crippen LogP contribution in [0.5, 0.6) is 0 Å². The third-order valence-corrected chi connectivity index (χ3v) is 3.33. The largest absolute Gasteiger partial charge is 3.00 e. The molecule has 1 aromatic carbocycles. The van der Waals surface area contributed by atoms with Crippen molar-refractivity contribution in [2.24, 2.45) is 0 Å². The van der Waals surface area contributed by atoms with Gasteiger partial charge in [0.1, 0.15) is 0 Å². The van der Waals surface area contributed by atoms with Gasteiger partial charge in [-0.3, -0.25) is 0 Å². The molecule has 8 heteroatoms. The molecule has 1 heterocycles. The Morgan fingerprint density at radius 3 is 2.17 bits per heavy atom. The van der Waals surface area contributed by atoms with Crippen LogP contribution in [0, 0.1) is 0 Å². The van der Waals surface area contributed by atoms with E-state index >= 15 is 0 Å². The maximum Gasteiger partial charge on any atom is 3.00 e. The SMILES string of the molecule is Nc1ccc(S(=O)(=O)Nc2ncccn2)cc1.[As+3]. The maximum atomic E-state index is 11.9. The summed E-state index contributed by atoms with van der Waals surface area (Å²) in [6.07, 6.45) is 2.90. The van der Waals surface area contributed by atoms with Crippen molar-refractivity contribution < 1.29 is 8.42 Å². The molecule has 0 bridgehead atoms. The van der Waals surface area contributed by atoms with Gasteiger partial charge in [-0.15, -0.1) is 0 Å². The number of nitrogens with zero attached hydrogens (tertiary/aromatic N) is 2. The van der Waals surface area contributed by atoms with Gasteiger partial charge in [-0.25, -0.2) is 23.1 Å². The number of aromatic nitrogens is 2. The van der Waals surface area contributed by atoms with Gasteiger partial charge >= 0.3 is 18.0 Å². The Bertz CT molecular complexity index is 602. The van der Waals surface area contributed by atoms with E-state index in [4.69, 9.17) is 5.73 Å². The normalized spacial score (nSPS) is 10.4. The second-order valence-corrected chi connectivity index (χ2v) is 4.93. The predicted molar refractivity (Wildman–Crippen MR) is 69.4 cm³/mol. The van der Waals surface area contributed by atoms with Crippen LogP contribution in [0.4, 0.5) is 11.6 Å². The first-order chi connectivity index (χ1) is 8.08. The summed E-state index contributed by atoms with van der Waals surface area (Å²) in [5.74, 6) is 0.0318. The Hall–Kier alpha value is -1.59. The molecule has 0 fully saturated rings. The summed E-state index contributed by atoms with van der Waals surface area (Å²) in [5.41, 5.74) is 5.98. The van der Waals surface area contributed by atoms with Gasteiger partial charge in [-0.05, 0) is 30.3 Å². The summed E-state index contributed by atoms with van der Waals surface area (Å²) < 4.78 is 26.0. The van der Waals surface area contributed by atoms with E-state index in [1.807, 2.05) is 0 Å². The first-order valence-corrected chi connectivity index (χ1v) is 6.22. The molecule has 3 N–H and O–H groups in total. The van der Waals surface area contributed by atoms with Crippen molar-refractivity contribution >= 4 is 39.6 Å². The van der Waals surface area contributed by atoms with Crippen LogP contribution in [0.2, 0.25) is 0 Å². The zero-order chi connectivity index (χ0) is 12.3. The number of nitrogens with two attached hydrogens (primary N) is 1. The molecule has 0 spiro atoms. The van der Waals surface area contributed by atoms with Crippen molar-refractivity contribution in [3.8, 4) is 0 Å². The molecule has 0 unspecified atom stereocenters. The Labute approximate surface area is 116 Å².